The second-order valence-electron chi connectivity index (χ2n) is 4.18. The molecule has 0 saturated carbocycles. The first-order chi connectivity index (χ1) is 6.94. The number of aliphatic hydroxyl groups excluding tert-OH is 1. The second-order valence-corrected chi connectivity index (χ2v) is 4.18. The van der Waals surface area contributed by atoms with Crippen LogP contribution >= 0.6 is 0 Å². The number of aryl methyl sites for hydroxylation is 1. The van der Waals surface area contributed by atoms with Crippen molar-refractivity contribution >= 4 is 0 Å². The SMILES string of the molecule is CCc1noc([C@H](O)C(C)(C)OC)c1C. The summed E-state index contributed by atoms with van der Waals surface area (Å²) in [6, 6.07) is 0. The zero-order valence-corrected chi connectivity index (χ0v) is 10.00. The van der Waals surface area contributed by atoms with Crippen LogP contribution in [0.5, 0.6) is 0 Å². The van der Waals surface area contributed by atoms with Crippen molar-refractivity contribution in [3.8, 4) is 0 Å². The predicted molar refractivity (Wildman–Crippen MR) is 56.7 cm³/mol. The maximum Gasteiger partial charge on any atom is 0.171 e. The molecule has 1 N–H and O–H groups in total. The number of hydrogen-bond donors (Lipinski definition) is 1. The fourth-order valence-corrected chi connectivity index (χ4v) is 1.40. The summed E-state index contributed by atoms with van der Waals surface area (Å²) in [5, 5.41) is 14.0. The zero-order chi connectivity index (χ0) is 11.6. The van der Waals surface area contributed by atoms with Gasteiger partial charge < -0.3 is 14.4 Å². The topological polar surface area (TPSA) is 55.5 Å². The van der Waals surface area contributed by atoms with Crippen molar-refractivity contribution in [2.45, 2.75) is 45.8 Å². The lowest BCUT2D eigenvalue weighted by Crippen LogP contribution is -2.31. The highest BCUT2D eigenvalue weighted by Crippen LogP contribution is 2.31. The van der Waals surface area contributed by atoms with Gasteiger partial charge in [0.25, 0.3) is 0 Å². The van der Waals surface area contributed by atoms with E-state index in [1.54, 1.807) is 7.11 Å². The van der Waals surface area contributed by atoms with Gasteiger partial charge in [0.05, 0.1) is 11.3 Å². The van der Waals surface area contributed by atoms with Crippen LogP contribution in [0.15, 0.2) is 4.52 Å². The minimum Gasteiger partial charge on any atom is -0.382 e. The monoisotopic (exact) mass is 213 g/mol. The van der Waals surface area contributed by atoms with Crippen LogP contribution in [0.1, 0.15) is 43.9 Å². The number of nitrogens with zero attached hydrogens (tertiary/aromatic N) is 1. The van der Waals surface area contributed by atoms with E-state index in [2.05, 4.69) is 5.16 Å². The Balaban J connectivity index is 3.01. The third-order valence-electron chi connectivity index (χ3n) is 2.82. The molecule has 86 valence electrons. The lowest BCUT2D eigenvalue weighted by Gasteiger charge is -2.27. The Labute approximate surface area is 90.2 Å². The van der Waals surface area contributed by atoms with Gasteiger partial charge in [-0.1, -0.05) is 12.1 Å². The molecule has 0 aliphatic rings. The van der Waals surface area contributed by atoms with Crippen molar-refractivity contribution in [1.82, 2.24) is 5.16 Å². The van der Waals surface area contributed by atoms with Crippen molar-refractivity contribution < 1.29 is 14.4 Å². The smallest absolute Gasteiger partial charge is 0.171 e. The van der Waals surface area contributed by atoms with Gasteiger partial charge in [0, 0.05) is 12.7 Å². The molecule has 0 aromatic carbocycles. The largest absolute Gasteiger partial charge is 0.382 e. The van der Waals surface area contributed by atoms with Crippen molar-refractivity contribution in [1.29, 1.82) is 0 Å². The maximum absolute atomic E-state index is 10.1. The molecular formula is C11H19NO3. The van der Waals surface area contributed by atoms with E-state index >= 15 is 0 Å². The van der Waals surface area contributed by atoms with E-state index in [1.807, 2.05) is 27.7 Å². The predicted octanol–water partition coefficient (Wildman–Crippen LogP) is 2.00. The number of ether oxygens (including phenoxy) is 1. The summed E-state index contributed by atoms with van der Waals surface area (Å²) in [6.45, 7) is 7.53. The highest BCUT2D eigenvalue weighted by atomic mass is 16.5. The number of aromatic nitrogens is 1. The molecule has 0 bridgehead atoms. The lowest BCUT2D eigenvalue weighted by molar-refractivity contribution is -0.0890. The van der Waals surface area contributed by atoms with Crippen molar-refractivity contribution in [3.63, 3.8) is 0 Å². The Hall–Kier alpha value is -0.870. The standard InChI is InChI=1S/C11H19NO3/c1-6-8-7(2)9(15-12-8)10(13)11(3,4)14-5/h10,13H,6H2,1-5H3/t10-/m0/s1. The van der Waals surface area contributed by atoms with E-state index in [4.69, 9.17) is 9.26 Å². The van der Waals surface area contributed by atoms with Crippen LogP contribution in [0.4, 0.5) is 0 Å². The molecule has 0 unspecified atom stereocenters. The molecule has 1 atom stereocenters. The van der Waals surface area contributed by atoms with Crippen molar-refractivity contribution in [2.24, 2.45) is 0 Å². The van der Waals surface area contributed by atoms with Gasteiger partial charge in [-0.25, -0.2) is 0 Å². The summed E-state index contributed by atoms with van der Waals surface area (Å²) in [5.74, 6) is 0.499. The molecule has 1 aromatic rings. The van der Waals surface area contributed by atoms with Crippen molar-refractivity contribution in [3.05, 3.63) is 17.0 Å². The molecule has 0 aliphatic carbocycles. The van der Waals surface area contributed by atoms with Crippen LogP contribution in [0.3, 0.4) is 0 Å². The molecule has 4 heteroatoms. The molecule has 1 heterocycles. The van der Waals surface area contributed by atoms with Gasteiger partial charge in [-0.2, -0.15) is 0 Å². The summed E-state index contributed by atoms with van der Waals surface area (Å²) in [6.07, 6.45) is 0.00504. The fraction of sp³-hybridized carbons (Fsp3) is 0.727. The Morgan fingerprint density at radius 1 is 1.53 bits per heavy atom. The molecule has 1 aromatic heterocycles. The molecule has 15 heavy (non-hydrogen) atoms. The summed E-state index contributed by atoms with van der Waals surface area (Å²) in [5.41, 5.74) is 1.13. The molecule has 0 fully saturated rings. The van der Waals surface area contributed by atoms with Gasteiger partial charge >= 0.3 is 0 Å². The minimum atomic E-state index is -0.796. The number of hydrogen-bond acceptors (Lipinski definition) is 4. The molecule has 0 aliphatic heterocycles. The number of methoxy groups -OCH3 is 1. The summed E-state index contributed by atoms with van der Waals surface area (Å²) >= 11 is 0. The van der Waals surface area contributed by atoms with Gasteiger partial charge in [0.2, 0.25) is 0 Å². The second kappa shape index (κ2) is 4.33. The highest BCUT2D eigenvalue weighted by Gasteiger charge is 2.33. The lowest BCUT2D eigenvalue weighted by atomic mass is 9.96. The third kappa shape index (κ3) is 2.21. The summed E-state index contributed by atoms with van der Waals surface area (Å²) < 4.78 is 10.4. The van der Waals surface area contributed by atoms with E-state index in [1.165, 1.54) is 0 Å². The van der Waals surface area contributed by atoms with E-state index in [0.717, 1.165) is 17.7 Å². The first-order valence-corrected chi connectivity index (χ1v) is 5.12. The first-order valence-electron chi connectivity index (χ1n) is 5.12. The Kier molecular flexibility index (Phi) is 3.52. The van der Waals surface area contributed by atoms with Gasteiger partial charge in [-0.05, 0) is 27.2 Å². The van der Waals surface area contributed by atoms with E-state index < -0.39 is 11.7 Å². The Bertz CT molecular complexity index is 331. The Morgan fingerprint density at radius 2 is 2.13 bits per heavy atom. The molecule has 0 spiro atoms. The molecule has 4 nitrogen and oxygen atoms in total. The van der Waals surface area contributed by atoms with Crippen LogP contribution in [0, 0.1) is 6.92 Å². The molecule has 0 saturated heterocycles. The summed E-state index contributed by atoms with van der Waals surface area (Å²) in [4.78, 5) is 0. The van der Waals surface area contributed by atoms with E-state index in [-0.39, 0.29) is 0 Å². The van der Waals surface area contributed by atoms with E-state index in [0.29, 0.717) is 5.76 Å². The zero-order valence-electron chi connectivity index (χ0n) is 10.00. The molecular weight excluding hydrogens is 194 g/mol. The average molecular weight is 213 g/mol. The van der Waals surface area contributed by atoms with Crippen molar-refractivity contribution in [2.75, 3.05) is 7.11 Å². The van der Waals surface area contributed by atoms with E-state index in [9.17, 15) is 5.11 Å². The molecule has 0 amide bonds. The van der Waals surface area contributed by atoms with Gasteiger partial charge in [-0.15, -0.1) is 0 Å². The summed E-state index contributed by atoms with van der Waals surface area (Å²) in [7, 11) is 1.57. The highest BCUT2D eigenvalue weighted by molar-refractivity contribution is 5.24. The Morgan fingerprint density at radius 3 is 2.53 bits per heavy atom. The van der Waals surface area contributed by atoms with Crippen LogP contribution in [-0.4, -0.2) is 23.0 Å². The van der Waals surface area contributed by atoms with Crippen LogP contribution in [-0.2, 0) is 11.2 Å². The molecule has 0 radical (unpaired) electrons. The van der Waals surface area contributed by atoms with Gasteiger partial charge in [-0.3, -0.25) is 0 Å². The van der Waals surface area contributed by atoms with Gasteiger partial charge in [0.1, 0.15) is 6.10 Å². The van der Waals surface area contributed by atoms with Crippen LogP contribution in [0.25, 0.3) is 0 Å². The quantitative estimate of drug-likeness (QED) is 0.831. The maximum atomic E-state index is 10.1. The third-order valence-corrected chi connectivity index (χ3v) is 2.82. The first kappa shape index (κ1) is 12.2. The number of aliphatic hydroxyl groups is 1. The average Bonchev–Trinajstić information content (AvgIpc) is 2.58. The fourth-order valence-electron chi connectivity index (χ4n) is 1.40. The van der Waals surface area contributed by atoms with Gasteiger partial charge in [0.15, 0.2) is 5.76 Å². The minimum absolute atomic E-state index is 0.499. The van der Waals surface area contributed by atoms with Crippen LogP contribution < -0.4 is 0 Å². The molecule has 1 rings (SSSR count). The van der Waals surface area contributed by atoms with Crippen LogP contribution in [0.2, 0.25) is 0 Å². The normalized spacial score (nSPS) is 14.3. The number of rotatable bonds is 4.